The number of hydrogen-bond donors (Lipinski definition) is 2. The zero-order valence-electron chi connectivity index (χ0n) is 13.8. The van der Waals surface area contributed by atoms with Crippen LogP contribution in [0.25, 0.3) is 0 Å². The first-order chi connectivity index (χ1) is 12.6. The number of pyridine rings is 1. The Labute approximate surface area is 165 Å². The molecule has 130 valence electrons. The van der Waals surface area contributed by atoms with Crippen molar-refractivity contribution in [3.8, 4) is 0 Å². The van der Waals surface area contributed by atoms with Crippen LogP contribution < -0.4 is 10.6 Å². The van der Waals surface area contributed by atoms with Crippen LogP contribution in [0.1, 0.15) is 26.3 Å². The monoisotopic (exact) mass is 457 g/mol. The van der Waals surface area contributed by atoms with E-state index in [9.17, 15) is 9.59 Å². The largest absolute Gasteiger partial charge is 0.348 e. The maximum Gasteiger partial charge on any atom is 0.256 e. The van der Waals surface area contributed by atoms with Crippen LogP contribution >= 0.6 is 22.6 Å². The number of carbonyl (C=O) groups is 2. The number of aromatic nitrogens is 1. The summed E-state index contributed by atoms with van der Waals surface area (Å²) in [4.78, 5) is 29.1. The molecule has 3 aromatic rings. The van der Waals surface area contributed by atoms with E-state index < -0.39 is 0 Å². The zero-order valence-corrected chi connectivity index (χ0v) is 15.9. The number of nitrogens with zero attached hydrogens (tertiary/aromatic N) is 1. The van der Waals surface area contributed by atoms with Crippen LogP contribution in [-0.2, 0) is 6.54 Å². The minimum Gasteiger partial charge on any atom is -0.348 e. The number of amides is 2. The van der Waals surface area contributed by atoms with Gasteiger partial charge in [0.25, 0.3) is 11.8 Å². The molecule has 6 heteroatoms. The van der Waals surface area contributed by atoms with Gasteiger partial charge in [-0.25, -0.2) is 0 Å². The lowest BCUT2D eigenvalue weighted by molar-refractivity contribution is 0.0951. The molecule has 0 unspecified atom stereocenters. The number of hydrogen-bond acceptors (Lipinski definition) is 3. The molecular weight excluding hydrogens is 441 g/mol. The average Bonchev–Trinajstić information content (AvgIpc) is 2.67. The minimum atomic E-state index is -0.257. The van der Waals surface area contributed by atoms with E-state index in [4.69, 9.17) is 0 Å². The van der Waals surface area contributed by atoms with Gasteiger partial charge in [-0.05, 0) is 58.5 Å². The molecule has 1 aromatic heterocycles. The summed E-state index contributed by atoms with van der Waals surface area (Å²) in [6, 6.07) is 17.9. The average molecular weight is 457 g/mol. The van der Waals surface area contributed by atoms with Crippen LogP contribution in [0.2, 0.25) is 0 Å². The number of nitrogens with one attached hydrogen (secondary N) is 2. The van der Waals surface area contributed by atoms with Gasteiger partial charge in [0.1, 0.15) is 0 Å². The first kappa shape index (κ1) is 18.1. The summed E-state index contributed by atoms with van der Waals surface area (Å²) in [5.41, 5.74) is 2.36. The van der Waals surface area contributed by atoms with Crippen LogP contribution in [0.4, 0.5) is 5.69 Å². The quantitative estimate of drug-likeness (QED) is 0.572. The molecule has 2 N–H and O–H groups in total. The standard InChI is InChI=1S/C20H16IN3O2/c21-17-9-3-1-7-15(17)20(26)24-18-10-4-2-8-16(18)19(25)23-13-14-6-5-11-22-12-14/h1-12H,13H2,(H,23,25)(H,24,26). The number of para-hydroxylation sites is 1. The first-order valence-electron chi connectivity index (χ1n) is 7.97. The number of anilines is 1. The van der Waals surface area contributed by atoms with Crippen molar-refractivity contribution in [2.45, 2.75) is 6.54 Å². The fourth-order valence-corrected chi connectivity index (χ4v) is 3.04. The number of carbonyl (C=O) groups excluding carboxylic acids is 2. The SMILES string of the molecule is O=C(Nc1ccccc1C(=O)NCc1cccnc1)c1ccccc1I. The highest BCUT2D eigenvalue weighted by atomic mass is 127. The van der Waals surface area contributed by atoms with E-state index in [-0.39, 0.29) is 11.8 Å². The maximum atomic E-state index is 12.5. The van der Waals surface area contributed by atoms with E-state index in [1.807, 2.05) is 30.3 Å². The van der Waals surface area contributed by atoms with E-state index in [0.717, 1.165) is 9.13 Å². The summed E-state index contributed by atoms with van der Waals surface area (Å²) in [5.74, 6) is -0.505. The third kappa shape index (κ3) is 4.45. The van der Waals surface area contributed by atoms with Gasteiger partial charge in [-0.1, -0.05) is 30.3 Å². The van der Waals surface area contributed by atoms with Crippen LogP contribution in [0.3, 0.4) is 0 Å². The first-order valence-corrected chi connectivity index (χ1v) is 9.05. The van der Waals surface area contributed by atoms with Crippen LogP contribution in [0.5, 0.6) is 0 Å². The Morgan fingerprint density at radius 3 is 2.35 bits per heavy atom. The lowest BCUT2D eigenvalue weighted by Gasteiger charge is -2.12. The van der Waals surface area contributed by atoms with Gasteiger partial charge in [0.2, 0.25) is 0 Å². The lowest BCUT2D eigenvalue weighted by Crippen LogP contribution is -2.25. The second-order valence-corrected chi connectivity index (χ2v) is 6.69. The molecule has 0 aliphatic heterocycles. The molecule has 1 heterocycles. The Morgan fingerprint density at radius 2 is 1.62 bits per heavy atom. The second kappa shape index (κ2) is 8.57. The molecular formula is C20H16IN3O2. The minimum absolute atomic E-state index is 0.248. The summed E-state index contributed by atoms with van der Waals surface area (Å²) in [7, 11) is 0. The van der Waals surface area contributed by atoms with Crippen molar-refractivity contribution in [2.75, 3.05) is 5.32 Å². The molecule has 0 atom stereocenters. The smallest absolute Gasteiger partial charge is 0.256 e. The summed E-state index contributed by atoms with van der Waals surface area (Å²) in [5, 5.41) is 5.68. The highest BCUT2D eigenvalue weighted by molar-refractivity contribution is 14.1. The fraction of sp³-hybridized carbons (Fsp3) is 0.0500. The van der Waals surface area contributed by atoms with Crippen molar-refractivity contribution in [2.24, 2.45) is 0 Å². The predicted molar refractivity (Wildman–Crippen MR) is 109 cm³/mol. The number of rotatable bonds is 5. The maximum absolute atomic E-state index is 12.5. The number of halogens is 1. The molecule has 0 aliphatic rings. The molecule has 2 aromatic carbocycles. The third-order valence-electron chi connectivity index (χ3n) is 3.71. The van der Waals surface area contributed by atoms with Crippen molar-refractivity contribution in [1.82, 2.24) is 10.3 Å². The van der Waals surface area contributed by atoms with E-state index in [0.29, 0.717) is 23.4 Å². The van der Waals surface area contributed by atoms with Gasteiger partial charge in [-0.2, -0.15) is 0 Å². The van der Waals surface area contributed by atoms with E-state index in [2.05, 4.69) is 38.2 Å². The molecule has 0 aliphatic carbocycles. The topological polar surface area (TPSA) is 71.1 Å². The molecule has 0 bridgehead atoms. The third-order valence-corrected chi connectivity index (χ3v) is 4.65. The molecule has 3 rings (SSSR count). The molecule has 5 nitrogen and oxygen atoms in total. The Hall–Kier alpha value is -2.74. The van der Waals surface area contributed by atoms with Gasteiger partial charge in [-0.15, -0.1) is 0 Å². The molecule has 0 fully saturated rings. The van der Waals surface area contributed by atoms with Gasteiger partial charge >= 0.3 is 0 Å². The van der Waals surface area contributed by atoms with Gasteiger partial charge in [0.15, 0.2) is 0 Å². The lowest BCUT2D eigenvalue weighted by atomic mass is 10.1. The summed E-state index contributed by atoms with van der Waals surface area (Å²) in [6.45, 7) is 0.367. The molecule has 0 saturated carbocycles. The van der Waals surface area contributed by atoms with Crippen LogP contribution in [-0.4, -0.2) is 16.8 Å². The van der Waals surface area contributed by atoms with Crippen LogP contribution in [0, 0.1) is 3.57 Å². The van der Waals surface area contributed by atoms with Gasteiger partial charge in [0.05, 0.1) is 16.8 Å². The van der Waals surface area contributed by atoms with E-state index >= 15 is 0 Å². The van der Waals surface area contributed by atoms with Crippen molar-refractivity contribution in [1.29, 1.82) is 0 Å². The predicted octanol–water partition coefficient (Wildman–Crippen LogP) is 3.87. The zero-order chi connectivity index (χ0) is 18.4. The molecule has 0 spiro atoms. The Morgan fingerprint density at radius 1 is 0.885 bits per heavy atom. The van der Waals surface area contributed by atoms with Gasteiger partial charge in [-0.3, -0.25) is 14.6 Å². The van der Waals surface area contributed by atoms with Crippen LogP contribution in [0.15, 0.2) is 73.1 Å². The Bertz CT molecular complexity index is 929. The Kier molecular flexibility index (Phi) is 5.96. The van der Waals surface area contributed by atoms with E-state index in [1.54, 1.807) is 42.7 Å². The highest BCUT2D eigenvalue weighted by Gasteiger charge is 2.15. The molecule has 0 saturated heterocycles. The van der Waals surface area contributed by atoms with Gasteiger partial charge < -0.3 is 10.6 Å². The van der Waals surface area contributed by atoms with Crippen molar-refractivity contribution < 1.29 is 9.59 Å². The molecule has 0 radical (unpaired) electrons. The fourth-order valence-electron chi connectivity index (χ4n) is 2.41. The molecule has 2 amide bonds. The van der Waals surface area contributed by atoms with Gasteiger partial charge in [0, 0.05) is 22.5 Å². The molecule has 26 heavy (non-hydrogen) atoms. The summed E-state index contributed by atoms with van der Waals surface area (Å²) in [6.07, 6.45) is 3.38. The summed E-state index contributed by atoms with van der Waals surface area (Å²) < 4.78 is 0.848. The van der Waals surface area contributed by atoms with E-state index in [1.165, 1.54) is 0 Å². The normalized spacial score (nSPS) is 10.2. The summed E-state index contributed by atoms with van der Waals surface area (Å²) >= 11 is 2.11. The van der Waals surface area contributed by atoms with Crippen molar-refractivity contribution in [3.05, 3.63) is 93.3 Å². The number of benzene rings is 2. The van der Waals surface area contributed by atoms with Crippen molar-refractivity contribution >= 4 is 40.1 Å². The highest BCUT2D eigenvalue weighted by Crippen LogP contribution is 2.18. The van der Waals surface area contributed by atoms with Crippen molar-refractivity contribution in [3.63, 3.8) is 0 Å². The second-order valence-electron chi connectivity index (χ2n) is 5.52. The Balaban J connectivity index is 1.74.